The lowest BCUT2D eigenvalue weighted by atomic mass is 9.98. The second-order valence-corrected chi connectivity index (χ2v) is 4.73. The molecule has 1 fully saturated rings. The van der Waals surface area contributed by atoms with E-state index in [9.17, 15) is 14.9 Å². The van der Waals surface area contributed by atoms with Crippen LogP contribution in [0.3, 0.4) is 0 Å². The summed E-state index contributed by atoms with van der Waals surface area (Å²) in [6.07, 6.45) is 2.61. The van der Waals surface area contributed by atoms with Crippen molar-refractivity contribution < 1.29 is 14.5 Å². The minimum atomic E-state index is -0.599. The van der Waals surface area contributed by atoms with Gasteiger partial charge in [-0.3, -0.25) is 14.9 Å². The van der Waals surface area contributed by atoms with Crippen LogP contribution in [-0.4, -0.2) is 40.6 Å². The largest absolute Gasteiger partial charge is 0.466 e. The van der Waals surface area contributed by atoms with Gasteiger partial charge in [0, 0.05) is 13.1 Å². The average Bonchev–Trinajstić information content (AvgIpc) is 2.47. The zero-order valence-electron chi connectivity index (χ0n) is 11.7. The number of hydrogen-bond acceptors (Lipinski definition) is 8. The van der Waals surface area contributed by atoms with E-state index in [-0.39, 0.29) is 29.2 Å². The summed E-state index contributed by atoms with van der Waals surface area (Å²) in [6, 6.07) is 0. The number of nitrogens with two attached hydrogens (primary N) is 1. The van der Waals surface area contributed by atoms with E-state index in [1.54, 1.807) is 11.8 Å². The van der Waals surface area contributed by atoms with Gasteiger partial charge in [-0.2, -0.15) is 0 Å². The first-order valence-electron chi connectivity index (χ1n) is 6.71. The number of anilines is 2. The highest BCUT2D eigenvalue weighted by atomic mass is 16.6. The average molecular weight is 295 g/mol. The zero-order valence-corrected chi connectivity index (χ0v) is 11.7. The normalized spacial score (nSPS) is 18.3. The molecule has 0 saturated carbocycles. The Bertz CT molecular complexity index is 550. The third-order valence-electron chi connectivity index (χ3n) is 3.35. The van der Waals surface area contributed by atoms with Gasteiger partial charge in [0.15, 0.2) is 0 Å². The van der Waals surface area contributed by atoms with Crippen LogP contribution in [-0.2, 0) is 9.53 Å². The standard InChI is InChI=1S/C12H17N5O4/c1-2-21-12(18)8-4-3-5-16(6-8)11-9(17(19)20)10(13)14-7-15-11/h7-8H,2-6H2,1H3,(H2,13,14,15)/t8-/m0/s1. The van der Waals surface area contributed by atoms with E-state index in [4.69, 9.17) is 10.5 Å². The topological polar surface area (TPSA) is 124 Å². The fraction of sp³-hybridized carbons (Fsp3) is 0.583. The van der Waals surface area contributed by atoms with Crippen LogP contribution in [0.1, 0.15) is 19.8 Å². The van der Waals surface area contributed by atoms with E-state index in [1.807, 2.05) is 0 Å². The van der Waals surface area contributed by atoms with E-state index in [0.29, 0.717) is 26.1 Å². The number of nitrogen functional groups attached to an aromatic ring is 1. The molecule has 1 aromatic rings. The minimum Gasteiger partial charge on any atom is -0.466 e. The molecule has 0 spiro atoms. The lowest BCUT2D eigenvalue weighted by Gasteiger charge is -2.31. The van der Waals surface area contributed by atoms with Crippen molar-refractivity contribution in [1.29, 1.82) is 0 Å². The van der Waals surface area contributed by atoms with E-state index in [1.165, 1.54) is 6.33 Å². The van der Waals surface area contributed by atoms with Gasteiger partial charge in [-0.1, -0.05) is 0 Å². The number of carbonyl (C=O) groups excluding carboxylic acids is 1. The maximum atomic E-state index is 11.8. The molecular formula is C12H17N5O4. The highest BCUT2D eigenvalue weighted by Crippen LogP contribution is 2.32. The van der Waals surface area contributed by atoms with Crippen LogP contribution in [0.15, 0.2) is 6.33 Å². The molecule has 1 saturated heterocycles. The Balaban J connectivity index is 2.24. The van der Waals surface area contributed by atoms with Crippen molar-refractivity contribution in [2.45, 2.75) is 19.8 Å². The Hall–Kier alpha value is -2.45. The number of nitrogens with zero attached hydrogens (tertiary/aromatic N) is 4. The highest BCUT2D eigenvalue weighted by molar-refractivity contribution is 5.75. The van der Waals surface area contributed by atoms with Gasteiger partial charge in [-0.15, -0.1) is 0 Å². The van der Waals surface area contributed by atoms with Crippen molar-refractivity contribution in [3.05, 3.63) is 16.4 Å². The van der Waals surface area contributed by atoms with Gasteiger partial charge in [-0.25, -0.2) is 9.97 Å². The smallest absolute Gasteiger partial charge is 0.353 e. The summed E-state index contributed by atoms with van der Waals surface area (Å²) in [7, 11) is 0. The number of hydrogen-bond donors (Lipinski definition) is 1. The Labute approximate surface area is 121 Å². The molecule has 1 aliphatic rings. The molecule has 1 aliphatic heterocycles. The summed E-state index contributed by atoms with van der Waals surface area (Å²) in [5.74, 6) is -0.619. The molecule has 2 N–H and O–H groups in total. The molecule has 0 aliphatic carbocycles. The number of carbonyl (C=O) groups is 1. The summed E-state index contributed by atoms with van der Waals surface area (Å²) in [5.41, 5.74) is 5.24. The van der Waals surface area contributed by atoms with Gasteiger partial charge >= 0.3 is 11.7 Å². The summed E-state index contributed by atoms with van der Waals surface area (Å²) in [4.78, 5) is 31.7. The Morgan fingerprint density at radius 3 is 3.05 bits per heavy atom. The minimum absolute atomic E-state index is 0.154. The Morgan fingerprint density at radius 2 is 2.38 bits per heavy atom. The maximum Gasteiger partial charge on any atom is 0.353 e. The molecule has 0 radical (unpaired) electrons. The number of nitro groups is 1. The molecule has 0 amide bonds. The fourth-order valence-corrected chi connectivity index (χ4v) is 2.41. The Kier molecular flexibility index (Phi) is 4.51. The molecule has 2 heterocycles. The number of ether oxygens (including phenoxy) is 1. The van der Waals surface area contributed by atoms with Gasteiger partial charge in [0.2, 0.25) is 11.6 Å². The van der Waals surface area contributed by atoms with Crippen molar-refractivity contribution in [2.75, 3.05) is 30.3 Å². The first-order chi connectivity index (χ1) is 10.0. The molecule has 0 unspecified atom stereocenters. The van der Waals surface area contributed by atoms with Gasteiger partial charge in [0.25, 0.3) is 0 Å². The van der Waals surface area contributed by atoms with Gasteiger partial charge in [0.05, 0.1) is 17.4 Å². The van der Waals surface area contributed by atoms with Crippen molar-refractivity contribution in [1.82, 2.24) is 9.97 Å². The second kappa shape index (κ2) is 6.33. The third-order valence-corrected chi connectivity index (χ3v) is 3.35. The number of aromatic nitrogens is 2. The molecule has 1 aromatic heterocycles. The van der Waals surface area contributed by atoms with E-state index in [0.717, 1.165) is 6.42 Å². The van der Waals surface area contributed by atoms with Crippen molar-refractivity contribution in [3.63, 3.8) is 0 Å². The van der Waals surface area contributed by atoms with Crippen LogP contribution in [0, 0.1) is 16.0 Å². The predicted molar refractivity (Wildman–Crippen MR) is 74.7 cm³/mol. The quantitative estimate of drug-likeness (QED) is 0.490. The van der Waals surface area contributed by atoms with Gasteiger partial charge in [-0.05, 0) is 19.8 Å². The Morgan fingerprint density at radius 1 is 1.62 bits per heavy atom. The van der Waals surface area contributed by atoms with E-state index in [2.05, 4.69) is 9.97 Å². The lowest BCUT2D eigenvalue weighted by molar-refractivity contribution is -0.383. The second-order valence-electron chi connectivity index (χ2n) is 4.73. The van der Waals surface area contributed by atoms with E-state index >= 15 is 0 Å². The van der Waals surface area contributed by atoms with Crippen LogP contribution in [0.2, 0.25) is 0 Å². The van der Waals surface area contributed by atoms with Crippen LogP contribution in [0.25, 0.3) is 0 Å². The molecule has 21 heavy (non-hydrogen) atoms. The maximum absolute atomic E-state index is 11.8. The van der Waals surface area contributed by atoms with Crippen LogP contribution in [0.4, 0.5) is 17.3 Å². The lowest BCUT2D eigenvalue weighted by Crippen LogP contribution is -2.40. The summed E-state index contributed by atoms with van der Waals surface area (Å²) < 4.78 is 5.01. The molecule has 0 bridgehead atoms. The molecule has 114 valence electrons. The summed E-state index contributed by atoms with van der Waals surface area (Å²) >= 11 is 0. The van der Waals surface area contributed by atoms with Crippen molar-refractivity contribution in [2.24, 2.45) is 5.92 Å². The molecule has 2 rings (SSSR count). The molecule has 9 heteroatoms. The predicted octanol–water partition coefficient (Wildman–Crippen LogP) is 0.747. The number of piperidine rings is 1. The fourth-order valence-electron chi connectivity index (χ4n) is 2.41. The zero-order chi connectivity index (χ0) is 15.4. The number of rotatable bonds is 4. The summed E-state index contributed by atoms with van der Waals surface area (Å²) in [5, 5.41) is 11.1. The van der Waals surface area contributed by atoms with E-state index < -0.39 is 4.92 Å². The van der Waals surface area contributed by atoms with Crippen LogP contribution >= 0.6 is 0 Å². The molecular weight excluding hydrogens is 278 g/mol. The van der Waals surface area contributed by atoms with Crippen LogP contribution in [0.5, 0.6) is 0 Å². The van der Waals surface area contributed by atoms with Gasteiger partial charge < -0.3 is 15.4 Å². The third kappa shape index (κ3) is 3.18. The number of esters is 1. The SMILES string of the molecule is CCOC(=O)[C@H]1CCCN(c2ncnc(N)c2[N+](=O)[O-])C1. The molecule has 1 atom stereocenters. The van der Waals surface area contributed by atoms with Crippen molar-refractivity contribution in [3.8, 4) is 0 Å². The molecule has 0 aromatic carbocycles. The molecule has 9 nitrogen and oxygen atoms in total. The first-order valence-corrected chi connectivity index (χ1v) is 6.71. The van der Waals surface area contributed by atoms with Crippen molar-refractivity contribution >= 4 is 23.3 Å². The highest BCUT2D eigenvalue weighted by Gasteiger charge is 2.32. The first kappa shape index (κ1) is 14.9. The van der Waals surface area contributed by atoms with Gasteiger partial charge in [0.1, 0.15) is 6.33 Å². The monoisotopic (exact) mass is 295 g/mol. The van der Waals surface area contributed by atoms with Crippen LogP contribution < -0.4 is 10.6 Å². The summed E-state index contributed by atoms with van der Waals surface area (Å²) in [6.45, 7) is 2.97.